The van der Waals surface area contributed by atoms with Gasteiger partial charge in [-0.25, -0.2) is 0 Å². The fourth-order valence-corrected chi connectivity index (χ4v) is 3.12. The second-order valence-corrected chi connectivity index (χ2v) is 6.71. The highest BCUT2D eigenvalue weighted by Crippen LogP contribution is 2.22. The van der Waals surface area contributed by atoms with Crippen molar-refractivity contribution in [2.45, 2.75) is 19.4 Å². The molecule has 0 unspecified atom stereocenters. The molecule has 1 fully saturated rings. The summed E-state index contributed by atoms with van der Waals surface area (Å²) >= 11 is 0. The zero-order chi connectivity index (χ0) is 20.9. The maximum Gasteiger partial charge on any atom is 0.269 e. The van der Waals surface area contributed by atoms with E-state index < -0.39 is 11.8 Å². The molecule has 1 aromatic heterocycles. The summed E-state index contributed by atoms with van der Waals surface area (Å²) in [5, 5.41) is 11.9. The first-order valence-electron chi connectivity index (χ1n) is 9.43. The highest BCUT2D eigenvalue weighted by Gasteiger charge is 2.22. The summed E-state index contributed by atoms with van der Waals surface area (Å²) in [4.78, 5) is 39.1. The Morgan fingerprint density at radius 3 is 2.63 bits per heavy atom. The van der Waals surface area contributed by atoms with Crippen molar-refractivity contribution < 1.29 is 14.4 Å². The summed E-state index contributed by atoms with van der Waals surface area (Å²) in [6, 6.07) is 16.0. The van der Waals surface area contributed by atoms with Crippen molar-refractivity contribution in [3.05, 3.63) is 60.2 Å². The second-order valence-electron chi connectivity index (χ2n) is 6.71. The largest absolute Gasteiger partial charge is 0.312 e. The van der Waals surface area contributed by atoms with Crippen molar-refractivity contribution in [1.82, 2.24) is 31.1 Å². The standard InChI is InChI=1S/C20H19N7O3/c28-17(13-27-24-19(22-25-27)14-6-2-1-3-7-14)21-23-20(30)15-8-4-9-16(12-15)26-11-5-10-18(26)29/h1-4,6-9,12H,5,10-11,13H2,(H,21,28)(H,23,30). The van der Waals surface area contributed by atoms with E-state index in [-0.39, 0.29) is 12.5 Å². The highest BCUT2D eigenvalue weighted by atomic mass is 16.2. The Bertz CT molecular complexity index is 1080. The van der Waals surface area contributed by atoms with Crippen molar-refractivity contribution >= 4 is 23.4 Å². The number of benzene rings is 2. The summed E-state index contributed by atoms with van der Waals surface area (Å²) < 4.78 is 0. The van der Waals surface area contributed by atoms with Crippen LogP contribution < -0.4 is 15.8 Å². The normalized spacial score (nSPS) is 13.3. The van der Waals surface area contributed by atoms with Crippen LogP contribution in [-0.2, 0) is 16.1 Å². The zero-order valence-corrected chi connectivity index (χ0v) is 16.0. The van der Waals surface area contributed by atoms with Crippen molar-refractivity contribution in [1.29, 1.82) is 0 Å². The summed E-state index contributed by atoms with van der Waals surface area (Å²) in [6.07, 6.45) is 1.31. The number of carbonyl (C=O) groups excluding carboxylic acids is 3. The number of nitrogens with zero attached hydrogens (tertiary/aromatic N) is 5. The van der Waals surface area contributed by atoms with Gasteiger partial charge in [0.25, 0.3) is 11.8 Å². The van der Waals surface area contributed by atoms with Gasteiger partial charge in [-0.15, -0.1) is 10.2 Å². The Morgan fingerprint density at radius 1 is 1.03 bits per heavy atom. The molecular weight excluding hydrogens is 386 g/mol. The molecule has 0 bridgehead atoms. The first-order chi connectivity index (χ1) is 14.6. The molecule has 2 heterocycles. The van der Waals surface area contributed by atoms with Crippen molar-refractivity contribution in [2.75, 3.05) is 11.4 Å². The van der Waals surface area contributed by atoms with Crippen LogP contribution in [0.3, 0.4) is 0 Å². The molecule has 1 aliphatic heterocycles. The minimum absolute atomic E-state index is 0.0380. The molecular formula is C20H19N7O3. The summed E-state index contributed by atoms with van der Waals surface area (Å²) in [5.41, 5.74) is 6.46. The molecule has 1 aliphatic rings. The van der Waals surface area contributed by atoms with Crippen LogP contribution in [0.2, 0.25) is 0 Å². The topological polar surface area (TPSA) is 122 Å². The van der Waals surface area contributed by atoms with Gasteiger partial charge in [0, 0.05) is 29.8 Å². The smallest absolute Gasteiger partial charge is 0.269 e. The molecule has 3 aromatic rings. The van der Waals surface area contributed by atoms with Crippen LogP contribution in [0.25, 0.3) is 11.4 Å². The maximum absolute atomic E-state index is 12.4. The lowest BCUT2D eigenvalue weighted by atomic mass is 10.2. The highest BCUT2D eigenvalue weighted by molar-refractivity contribution is 5.99. The number of anilines is 1. The molecule has 1 saturated heterocycles. The van der Waals surface area contributed by atoms with Crippen LogP contribution in [0.1, 0.15) is 23.2 Å². The van der Waals surface area contributed by atoms with Gasteiger partial charge in [-0.1, -0.05) is 36.4 Å². The van der Waals surface area contributed by atoms with Crippen molar-refractivity contribution in [3.63, 3.8) is 0 Å². The molecule has 30 heavy (non-hydrogen) atoms. The first kappa shape index (κ1) is 19.2. The lowest BCUT2D eigenvalue weighted by Crippen LogP contribution is -2.43. The molecule has 2 N–H and O–H groups in total. The lowest BCUT2D eigenvalue weighted by molar-refractivity contribution is -0.122. The summed E-state index contributed by atoms with van der Waals surface area (Å²) in [5.74, 6) is -0.559. The molecule has 152 valence electrons. The van der Waals surface area contributed by atoms with Gasteiger partial charge in [0.05, 0.1) is 0 Å². The van der Waals surface area contributed by atoms with Gasteiger partial charge in [0.2, 0.25) is 11.7 Å². The molecule has 10 heteroatoms. The van der Waals surface area contributed by atoms with E-state index in [1.807, 2.05) is 30.3 Å². The fraction of sp³-hybridized carbons (Fsp3) is 0.200. The van der Waals surface area contributed by atoms with E-state index in [1.165, 1.54) is 0 Å². The van der Waals surface area contributed by atoms with E-state index in [9.17, 15) is 14.4 Å². The van der Waals surface area contributed by atoms with Gasteiger partial charge in [0.15, 0.2) is 0 Å². The third kappa shape index (κ3) is 4.32. The number of rotatable bonds is 5. The zero-order valence-electron chi connectivity index (χ0n) is 16.0. The number of nitrogens with one attached hydrogen (secondary N) is 2. The van der Waals surface area contributed by atoms with Crippen LogP contribution in [0.4, 0.5) is 5.69 Å². The lowest BCUT2D eigenvalue weighted by Gasteiger charge is -2.16. The van der Waals surface area contributed by atoms with Crippen molar-refractivity contribution in [3.8, 4) is 11.4 Å². The van der Waals surface area contributed by atoms with Crippen LogP contribution >= 0.6 is 0 Å². The minimum atomic E-state index is -0.508. The molecule has 2 aromatic carbocycles. The Balaban J connectivity index is 1.32. The molecule has 0 aliphatic carbocycles. The average Bonchev–Trinajstić information content (AvgIpc) is 3.42. The second kappa shape index (κ2) is 8.52. The summed E-state index contributed by atoms with van der Waals surface area (Å²) in [6.45, 7) is 0.430. The van der Waals surface area contributed by atoms with Gasteiger partial charge in [0.1, 0.15) is 6.54 Å². The van der Waals surface area contributed by atoms with E-state index in [1.54, 1.807) is 29.2 Å². The Morgan fingerprint density at radius 2 is 1.87 bits per heavy atom. The molecule has 0 atom stereocenters. The van der Waals surface area contributed by atoms with Gasteiger partial charge in [-0.2, -0.15) is 4.80 Å². The van der Waals surface area contributed by atoms with E-state index in [2.05, 4.69) is 26.3 Å². The molecule has 4 rings (SSSR count). The average molecular weight is 405 g/mol. The van der Waals surface area contributed by atoms with E-state index in [4.69, 9.17) is 0 Å². The van der Waals surface area contributed by atoms with E-state index in [0.717, 1.165) is 16.8 Å². The number of hydrogen-bond acceptors (Lipinski definition) is 6. The predicted octanol–water partition coefficient (Wildman–Crippen LogP) is 0.928. The number of tetrazole rings is 1. The fourth-order valence-electron chi connectivity index (χ4n) is 3.12. The quantitative estimate of drug-likeness (QED) is 0.609. The van der Waals surface area contributed by atoms with Gasteiger partial charge in [-0.05, 0) is 29.8 Å². The Kier molecular flexibility index (Phi) is 5.46. The van der Waals surface area contributed by atoms with Crippen LogP contribution in [-0.4, -0.2) is 44.5 Å². The monoisotopic (exact) mass is 405 g/mol. The number of hydrogen-bond donors (Lipinski definition) is 2. The van der Waals surface area contributed by atoms with Gasteiger partial charge < -0.3 is 4.90 Å². The van der Waals surface area contributed by atoms with Crippen LogP contribution in [0.15, 0.2) is 54.6 Å². The van der Waals surface area contributed by atoms with Crippen LogP contribution in [0.5, 0.6) is 0 Å². The van der Waals surface area contributed by atoms with E-state index >= 15 is 0 Å². The number of amides is 3. The maximum atomic E-state index is 12.4. The predicted molar refractivity (Wildman–Crippen MR) is 107 cm³/mol. The molecule has 3 amide bonds. The van der Waals surface area contributed by atoms with Gasteiger partial charge in [-0.3, -0.25) is 25.2 Å². The van der Waals surface area contributed by atoms with E-state index in [0.29, 0.717) is 30.0 Å². The van der Waals surface area contributed by atoms with Gasteiger partial charge >= 0.3 is 0 Å². The summed E-state index contributed by atoms with van der Waals surface area (Å²) in [7, 11) is 0. The minimum Gasteiger partial charge on any atom is -0.312 e. The third-order valence-corrected chi connectivity index (χ3v) is 4.58. The van der Waals surface area contributed by atoms with Crippen molar-refractivity contribution in [2.24, 2.45) is 0 Å². The number of hydrazine groups is 1. The molecule has 0 spiro atoms. The van der Waals surface area contributed by atoms with Crippen LogP contribution in [0, 0.1) is 0 Å². The number of aromatic nitrogens is 4. The SMILES string of the molecule is O=C(Cn1nnc(-c2ccccc2)n1)NNC(=O)c1cccc(N2CCCC2=O)c1. The number of carbonyl (C=O) groups is 3. The molecule has 10 nitrogen and oxygen atoms in total. The third-order valence-electron chi connectivity index (χ3n) is 4.58. The Hall–Kier alpha value is -4.08. The first-order valence-corrected chi connectivity index (χ1v) is 9.43. The molecule has 0 saturated carbocycles. The Labute approximate surface area is 171 Å². The molecule has 0 radical (unpaired) electrons.